The molecule has 1 amide bonds. The van der Waals surface area contributed by atoms with Gasteiger partial charge in [0.25, 0.3) is 0 Å². The van der Waals surface area contributed by atoms with Crippen LogP contribution in [-0.2, 0) is 4.79 Å². The SMILES string of the molecule is CNC(=O)C1CCCN(c2cc(C)ccc2C(N)=S)C1. The van der Waals surface area contributed by atoms with Crippen molar-refractivity contribution in [2.75, 3.05) is 25.0 Å². The van der Waals surface area contributed by atoms with Crippen LogP contribution >= 0.6 is 12.2 Å². The van der Waals surface area contributed by atoms with Crippen LogP contribution in [0.4, 0.5) is 5.69 Å². The second-order valence-electron chi connectivity index (χ2n) is 5.28. The topological polar surface area (TPSA) is 58.4 Å². The van der Waals surface area contributed by atoms with E-state index in [9.17, 15) is 4.79 Å². The zero-order valence-corrected chi connectivity index (χ0v) is 12.8. The molecule has 0 spiro atoms. The van der Waals surface area contributed by atoms with Crippen molar-refractivity contribution in [3.63, 3.8) is 0 Å². The van der Waals surface area contributed by atoms with Crippen molar-refractivity contribution >= 4 is 28.8 Å². The largest absolute Gasteiger partial charge is 0.389 e. The molecule has 0 radical (unpaired) electrons. The number of nitrogens with one attached hydrogen (secondary N) is 1. The van der Waals surface area contributed by atoms with E-state index in [1.54, 1.807) is 7.05 Å². The predicted molar refractivity (Wildman–Crippen MR) is 86.1 cm³/mol. The van der Waals surface area contributed by atoms with Crippen molar-refractivity contribution in [2.24, 2.45) is 11.7 Å². The Labute approximate surface area is 125 Å². The number of thiocarbonyl (C=S) groups is 1. The lowest BCUT2D eigenvalue weighted by Gasteiger charge is -2.34. The van der Waals surface area contributed by atoms with E-state index in [1.165, 1.54) is 5.56 Å². The monoisotopic (exact) mass is 291 g/mol. The Morgan fingerprint density at radius 2 is 2.25 bits per heavy atom. The van der Waals surface area contributed by atoms with Crippen LogP contribution < -0.4 is 16.0 Å². The molecule has 5 heteroatoms. The molecule has 0 saturated carbocycles. The highest BCUT2D eigenvalue weighted by Gasteiger charge is 2.26. The summed E-state index contributed by atoms with van der Waals surface area (Å²) in [6, 6.07) is 6.08. The molecule has 1 aromatic rings. The third-order valence-electron chi connectivity index (χ3n) is 3.80. The Kier molecular flexibility index (Phi) is 4.60. The molecule has 1 aliphatic rings. The lowest BCUT2D eigenvalue weighted by molar-refractivity contribution is -0.124. The number of carbonyl (C=O) groups excluding carboxylic acids is 1. The van der Waals surface area contributed by atoms with Gasteiger partial charge in [-0.1, -0.05) is 18.3 Å². The molecular formula is C15H21N3OS. The summed E-state index contributed by atoms with van der Waals surface area (Å²) in [6.45, 7) is 3.71. The van der Waals surface area contributed by atoms with E-state index >= 15 is 0 Å². The molecule has 2 rings (SSSR count). The number of benzene rings is 1. The molecule has 20 heavy (non-hydrogen) atoms. The summed E-state index contributed by atoms with van der Waals surface area (Å²) in [7, 11) is 1.69. The molecule has 0 aliphatic carbocycles. The number of amides is 1. The molecule has 0 bridgehead atoms. The number of aryl methyl sites for hydroxylation is 1. The molecule has 1 atom stereocenters. The smallest absolute Gasteiger partial charge is 0.224 e. The second kappa shape index (κ2) is 6.22. The first-order valence-corrected chi connectivity index (χ1v) is 7.30. The average molecular weight is 291 g/mol. The van der Waals surface area contributed by atoms with Gasteiger partial charge < -0.3 is 16.0 Å². The predicted octanol–water partition coefficient (Wildman–Crippen LogP) is 1.59. The van der Waals surface area contributed by atoms with Gasteiger partial charge in [-0.05, 0) is 37.5 Å². The van der Waals surface area contributed by atoms with Crippen molar-refractivity contribution in [3.8, 4) is 0 Å². The molecule has 4 nitrogen and oxygen atoms in total. The summed E-state index contributed by atoms with van der Waals surface area (Å²) in [4.78, 5) is 14.5. The molecule has 3 N–H and O–H groups in total. The van der Waals surface area contributed by atoms with E-state index in [1.807, 2.05) is 19.1 Å². The number of hydrogen-bond acceptors (Lipinski definition) is 3. The van der Waals surface area contributed by atoms with Gasteiger partial charge in [-0.25, -0.2) is 0 Å². The number of piperidine rings is 1. The van der Waals surface area contributed by atoms with Crippen LogP contribution in [0.3, 0.4) is 0 Å². The van der Waals surface area contributed by atoms with Crippen LogP contribution in [0.1, 0.15) is 24.0 Å². The average Bonchev–Trinajstić information content (AvgIpc) is 2.46. The number of nitrogens with two attached hydrogens (primary N) is 1. The van der Waals surface area contributed by atoms with Crippen LogP contribution in [-0.4, -0.2) is 31.0 Å². The van der Waals surface area contributed by atoms with Gasteiger partial charge in [0.15, 0.2) is 0 Å². The van der Waals surface area contributed by atoms with Gasteiger partial charge in [-0.2, -0.15) is 0 Å². The molecule has 108 valence electrons. The van der Waals surface area contributed by atoms with Crippen molar-refractivity contribution in [1.82, 2.24) is 5.32 Å². The van der Waals surface area contributed by atoms with Crippen molar-refractivity contribution in [1.29, 1.82) is 0 Å². The maximum atomic E-state index is 11.8. The van der Waals surface area contributed by atoms with Gasteiger partial charge in [0.1, 0.15) is 4.99 Å². The molecular weight excluding hydrogens is 270 g/mol. The normalized spacial score (nSPS) is 18.7. The van der Waals surface area contributed by atoms with E-state index < -0.39 is 0 Å². The van der Waals surface area contributed by atoms with Crippen molar-refractivity contribution < 1.29 is 4.79 Å². The van der Waals surface area contributed by atoms with Gasteiger partial charge >= 0.3 is 0 Å². The second-order valence-corrected chi connectivity index (χ2v) is 5.72. The maximum Gasteiger partial charge on any atom is 0.224 e. The van der Waals surface area contributed by atoms with Crippen LogP contribution in [0.5, 0.6) is 0 Å². The fourth-order valence-corrected chi connectivity index (χ4v) is 2.90. The van der Waals surface area contributed by atoms with E-state index in [-0.39, 0.29) is 11.8 Å². The van der Waals surface area contributed by atoms with Crippen molar-refractivity contribution in [3.05, 3.63) is 29.3 Å². The van der Waals surface area contributed by atoms with E-state index in [0.717, 1.165) is 37.2 Å². The standard InChI is InChI=1S/C15H21N3OS/c1-10-5-6-12(14(16)20)13(8-10)18-7-3-4-11(9-18)15(19)17-2/h5-6,8,11H,3-4,7,9H2,1-2H3,(H2,16,20)(H,17,19). The molecule has 1 aromatic carbocycles. The van der Waals surface area contributed by atoms with E-state index in [0.29, 0.717) is 4.99 Å². The lowest BCUT2D eigenvalue weighted by Crippen LogP contribution is -2.42. The van der Waals surface area contributed by atoms with Crippen LogP contribution in [0.15, 0.2) is 18.2 Å². The lowest BCUT2D eigenvalue weighted by atomic mass is 9.95. The Morgan fingerprint density at radius 3 is 2.90 bits per heavy atom. The summed E-state index contributed by atoms with van der Waals surface area (Å²) in [5, 5.41) is 2.74. The molecule has 1 saturated heterocycles. The highest BCUT2D eigenvalue weighted by molar-refractivity contribution is 7.80. The Balaban J connectivity index is 2.28. The third-order valence-corrected chi connectivity index (χ3v) is 4.02. The minimum absolute atomic E-state index is 0.0356. The molecule has 0 aromatic heterocycles. The van der Waals surface area contributed by atoms with E-state index in [4.69, 9.17) is 18.0 Å². The van der Waals surface area contributed by atoms with Gasteiger partial charge in [0.05, 0.1) is 5.92 Å². The number of anilines is 1. The maximum absolute atomic E-state index is 11.8. The van der Waals surface area contributed by atoms with Gasteiger partial charge in [0, 0.05) is 31.4 Å². The van der Waals surface area contributed by atoms with Crippen LogP contribution in [0.2, 0.25) is 0 Å². The fraction of sp³-hybridized carbons (Fsp3) is 0.467. The summed E-state index contributed by atoms with van der Waals surface area (Å²) in [6.07, 6.45) is 1.94. The number of hydrogen-bond donors (Lipinski definition) is 2. The van der Waals surface area contributed by atoms with Gasteiger partial charge in [-0.15, -0.1) is 0 Å². The zero-order chi connectivity index (χ0) is 14.7. The van der Waals surface area contributed by atoms with Gasteiger partial charge in [0.2, 0.25) is 5.91 Å². The first kappa shape index (κ1) is 14.8. The quantitative estimate of drug-likeness (QED) is 0.830. The number of nitrogens with zero attached hydrogens (tertiary/aromatic N) is 1. The fourth-order valence-electron chi connectivity index (χ4n) is 2.73. The summed E-state index contributed by atoms with van der Waals surface area (Å²) in [5.41, 5.74) is 8.93. The molecule has 1 aliphatic heterocycles. The highest BCUT2D eigenvalue weighted by atomic mass is 32.1. The van der Waals surface area contributed by atoms with Crippen LogP contribution in [0, 0.1) is 12.8 Å². The summed E-state index contributed by atoms with van der Waals surface area (Å²) >= 11 is 5.14. The number of carbonyl (C=O) groups is 1. The van der Waals surface area contributed by atoms with E-state index in [2.05, 4.69) is 16.3 Å². The minimum atomic E-state index is 0.0356. The molecule has 1 fully saturated rings. The van der Waals surface area contributed by atoms with Crippen LogP contribution in [0.25, 0.3) is 0 Å². The van der Waals surface area contributed by atoms with Crippen molar-refractivity contribution in [2.45, 2.75) is 19.8 Å². The first-order chi connectivity index (χ1) is 9.52. The van der Waals surface area contributed by atoms with Gasteiger partial charge in [-0.3, -0.25) is 4.79 Å². The summed E-state index contributed by atoms with van der Waals surface area (Å²) in [5.74, 6) is 0.146. The third kappa shape index (κ3) is 3.10. The minimum Gasteiger partial charge on any atom is -0.389 e. The Bertz CT molecular complexity index is 530. The Hall–Kier alpha value is -1.62. The summed E-state index contributed by atoms with van der Waals surface area (Å²) < 4.78 is 0. The zero-order valence-electron chi connectivity index (χ0n) is 12.0. The molecule has 1 unspecified atom stereocenters. The highest BCUT2D eigenvalue weighted by Crippen LogP contribution is 2.27. The first-order valence-electron chi connectivity index (χ1n) is 6.90. The number of rotatable bonds is 3. The Morgan fingerprint density at radius 1 is 1.50 bits per heavy atom. The molecule has 1 heterocycles.